The number of halogens is 1. The third-order valence-electron chi connectivity index (χ3n) is 3.20. The van der Waals surface area contributed by atoms with Crippen molar-refractivity contribution in [3.05, 3.63) is 23.9 Å². The summed E-state index contributed by atoms with van der Waals surface area (Å²) < 4.78 is 0. The fraction of sp³-hybridized carbons (Fsp3) is 0.538. The smallest absolute Gasteiger partial charge is 0.129 e. The van der Waals surface area contributed by atoms with Crippen molar-refractivity contribution in [2.75, 3.05) is 31.6 Å². The summed E-state index contributed by atoms with van der Waals surface area (Å²) >= 11 is 0. The molecular formula is C13H19ClN4. The minimum absolute atomic E-state index is 0. The van der Waals surface area contributed by atoms with E-state index in [-0.39, 0.29) is 12.4 Å². The molecule has 1 aliphatic heterocycles. The summed E-state index contributed by atoms with van der Waals surface area (Å²) in [7, 11) is 2.04. The molecule has 0 aromatic carbocycles. The van der Waals surface area contributed by atoms with Gasteiger partial charge in [0.05, 0.1) is 11.6 Å². The van der Waals surface area contributed by atoms with Gasteiger partial charge in [-0.1, -0.05) is 0 Å². The third-order valence-corrected chi connectivity index (χ3v) is 3.20. The summed E-state index contributed by atoms with van der Waals surface area (Å²) in [5.41, 5.74) is 0.670. The first kappa shape index (κ1) is 14.7. The van der Waals surface area contributed by atoms with Crippen molar-refractivity contribution in [3.63, 3.8) is 0 Å². The Kier molecular flexibility index (Phi) is 5.90. The Hall–Kier alpha value is -1.31. The Morgan fingerprint density at radius 2 is 2.44 bits per heavy atom. The normalized spacial score (nSPS) is 18.6. The molecule has 1 aliphatic rings. The van der Waals surface area contributed by atoms with Crippen LogP contribution in [0.4, 0.5) is 5.82 Å². The SMILES string of the molecule is CN(CC1CCCNC1)c1cc(C#N)ccn1.Cl. The number of piperidine rings is 1. The van der Waals surface area contributed by atoms with Crippen LogP contribution in [0.5, 0.6) is 0 Å². The average Bonchev–Trinajstić information content (AvgIpc) is 2.40. The maximum Gasteiger partial charge on any atom is 0.129 e. The van der Waals surface area contributed by atoms with Gasteiger partial charge in [-0.2, -0.15) is 5.26 Å². The molecule has 1 saturated heterocycles. The van der Waals surface area contributed by atoms with Gasteiger partial charge in [0.25, 0.3) is 0 Å². The lowest BCUT2D eigenvalue weighted by Gasteiger charge is -2.28. The first-order chi connectivity index (χ1) is 8.29. The first-order valence-electron chi connectivity index (χ1n) is 6.07. The van der Waals surface area contributed by atoms with E-state index in [1.807, 2.05) is 13.1 Å². The molecule has 5 heteroatoms. The summed E-state index contributed by atoms with van der Waals surface area (Å²) in [6.45, 7) is 3.22. The van der Waals surface area contributed by atoms with Crippen LogP contribution in [-0.4, -0.2) is 31.7 Å². The number of rotatable bonds is 3. The molecule has 1 N–H and O–H groups in total. The zero-order chi connectivity index (χ0) is 12.1. The number of hydrogen-bond acceptors (Lipinski definition) is 4. The summed E-state index contributed by atoms with van der Waals surface area (Å²) in [4.78, 5) is 6.44. The van der Waals surface area contributed by atoms with E-state index in [4.69, 9.17) is 5.26 Å². The molecule has 2 rings (SSSR count). The molecule has 18 heavy (non-hydrogen) atoms. The molecule has 0 spiro atoms. The van der Waals surface area contributed by atoms with Crippen LogP contribution in [-0.2, 0) is 0 Å². The largest absolute Gasteiger partial charge is 0.359 e. The van der Waals surface area contributed by atoms with Gasteiger partial charge in [-0.25, -0.2) is 4.98 Å². The highest BCUT2D eigenvalue weighted by atomic mass is 35.5. The van der Waals surface area contributed by atoms with Gasteiger partial charge in [0.2, 0.25) is 0 Å². The quantitative estimate of drug-likeness (QED) is 0.907. The Labute approximate surface area is 114 Å². The maximum absolute atomic E-state index is 8.86. The molecule has 0 radical (unpaired) electrons. The van der Waals surface area contributed by atoms with E-state index in [0.29, 0.717) is 11.5 Å². The van der Waals surface area contributed by atoms with Gasteiger partial charge >= 0.3 is 0 Å². The fourth-order valence-electron chi connectivity index (χ4n) is 2.26. The second kappa shape index (κ2) is 7.20. The topological polar surface area (TPSA) is 52.0 Å². The van der Waals surface area contributed by atoms with E-state index < -0.39 is 0 Å². The van der Waals surface area contributed by atoms with Crippen LogP contribution in [0.2, 0.25) is 0 Å². The monoisotopic (exact) mass is 266 g/mol. The molecular weight excluding hydrogens is 248 g/mol. The zero-order valence-electron chi connectivity index (χ0n) is 10.6. The number of hydrogen-bond donors (Lipinski definition) is 1. The zero-order valence-corrected chi connectivity index (χ0v) is 11.4. The van der Waals surface area contributed by atoms with Gasteiger partial charge < -0.3 is 10.2 Å². The van der Waals surface area contributed by atoms with Crippen molar-refractivity contribution in [2.24, 2.45) is 5.92 Å². The lowest BCUT2D eigenvalue weighted by Crippen LogP contribution is -2.37. The van der Waals surface area contributed by atoms with Gasteiger partial charge in [-0.15, -0.1) is 12.4 Å². The van der Waals surface area contributed by atoms with Gasteiger partial charge in [0.15, 0.2) is 0 Å². The molecule has 0 bridgehead atoms. The lowest BCUT2D eigenvalue weighted by atomic mass is 9.99. The van der Waals surface area contributed by atoms with Crippen molar-refractivity contribution >= 4 is 18.2 Å². The molecule has 1 unspecified atom stereocenters. The maximum atomic E-state index is 8.86. The standard InChI is InChI=1S/C13H18N4.ClH/c1-17(10-12-3-2-5-15-9-12)13-7-11(8-14)4-6-16-13;/h4,6-7,12,15H,2-3,5,9-10H2,1H3;1H. The summed E-state index contributed by atoms with van der Waals surface area (Å²) in [6, 6.07) is 5.73. The molecule has 1 aromatic heterocycles. The molecule has 98 valence electrons. The van der Waals surface area contributed by atoms with Crippen molar-refractivity contribution in [1.82, 2.24) is 10.3 Å². The van der Waals surface area contributed by atoms with E-state index in [2.05, 4.69) is 21.3 Å². The Balaban J connectivity index is 0.00000162. The van der Waals surface area contributed by atoms with E-state index in [1.165, 1.54) is 12.8 Å². The second-order valence-corrected chi connectivity index (χ2v) is 4.61. The van der Waals surface area contributed by atoms with Crippen LogP contribution in [0.1, 0.15) is 18.4 Å². The molecule has 4 nitrogen and oxygen atoms in total. The molecule has 1 atom stereocenters. The molecule has 0 saturated carbocycles. The Bertz CT molecular complexity index is 410. The summed E-state index contributed by atoms with van der Waals surface area (Å²) in [5, 5.41) is 12.3. The second-order valence-electron chi connectivity index (χ2n) is 4.61. The van der Waals surface area contributed by atoms with Crippen LogP contribution in [0, 0.1) is 17.2 Å². The summed E-state index contributed by atoms with van der Waals surface area (Å²) in [5.74, 6) is 1.57. The van der Waals surface area contributed by atoms with Crippen molar-refractivity contribution in [1.29, 1.82) is 5.26 Å². The number of nitrogens with zero attached hydrogens (tertiary/aromatic N) is 3. The van der Waals surface area contributed by atoms with Crippen LogP contribution in [0.25, 0.3) is 0 Å². The highest BCUT2D eigenvalue weighted by Crippen LogP contribution is 2.16. The summed E-state index contributed by atoms with van der Waals surface area (Å²) in [6.07, 6.45) is 4.23. The molecule has 1 fully saturated rings. The highest BCUT2D eigenvalue weighted by molar-refractivity contribution is 5.85. The predicted octanol–water partition coefficient (Wildman–Crippen LogP) is 1.81. The number of nitrogens with one attached hydrogen (secondary N) is 1. The van der Waals surface area contributed by atoms with Gasteiger partial charge in [0, 0.05) is 19.8 Å². The minimum atomic E-state index is 0. The lowest BCUT2D eigenvalue weighted by molar-refractivity contribution is 0.380. The van der Waals surface area contributed by atoms with Crippen LogP contribution in [0.15, 0.2) is 18.3 Å². The fourth-order valence-corrected chi connectivity index (χ4v) is 2.26. The Morgan fingerprint density at radius 1 is 1.61 bits per heavy atom. The Morgan fingerprint density at radius 3 is 3.11 bits per heavy atom. The van der Waals surface area contributed by atoms with Crippen LogP contribution in [0.3, 0.4) is 0 Å². The minimum Gasteiger partial charge on any atom is -0.359 e. The number of anilines is 1. The van der Waals surface area contributed by atoms with E-state index in [0.717, 1.165) is 25.5 Å². The first-order valence-corrected chi connectivity index (χ1v) is 6.07. The van der Waals surface area contributed by atoms with Gasteiger partial charge in [-0.3, -0.25) is 0 Å². The molecule has 0 aliphatic carbocycles. The average molecular weight is 267 g/mol. The predicted molar refractivity (Wildman–Crippen MR) is 75.1 cm³/mol. The number of nitriles is 1. The third kappa shape index (κ3) is 3.86. The van der Waals surface area contributed by atoms with E-state index in [9.17, 15) is 0 Å². The molecule has 1 aromatic rings. The van der Waals surface area contributed by atoms with E-state index in [1.54, 1.807) is 12.3 Å². The number of pyridine rings is 1. The van der Waals surface area contributed by atoms with Crippen molar-refractivity contribution in [2.45, 2.75) is 12.8 Å². The van der Waals surface area contributed by atoms with Crippen molar-refractivity contribution in [3.8, 4) is 6.07 Å². The van der Waals surface area contributed by atoms with Gasteiger partial charge in [-0.05, 0) is 44.0 Å². The van der Waals surface area contributed by atoms with Crippen LogP contribution >= 0.6 is 12.4 Å². The number of aromatic nitrogens is 1. The molecule has 0 amide bonds. The van der Waals surface area contributed by atoms with Crippen molar-refractivity contribution < 1.29 is 0 Å². The highest BCUT2D eigenvalue weighted by Gasteiger charge is 2.15. The van der Waals surface area contributed by atoms with Crippen LogP contribution < -0.4 is 10.2 Å². The van der Waals surface area contributed by atoms with E-state index >= 15 is 0 Å². The molecule has 2 heterocycles. The van der Waals surface area contributed by atoms with Gasteiger partial charge in [0.1, 0.15) is 5.82 Å².